The highest BCUT2D eigenvalue weighted by Crippen LogP contribution is 2.23. The SMILES string of the molecule is Clc1cc2[nH]c(Cc3ccsc3)nc2nc1Cl. The molecule has 0 radical (unpaired) electrons. The second-order valence-electron chi connectivity index (χ2n) is 3.62. The van der Waals surface area contributed by atoms with Crippen LogP contribution in [0.5, 0.6) is 0 Å². The van der Waals surface area contributed by atoms with Gasteiger partial charge in [-0.25, -0.2) is 9.97 Å². The van der Waals surface area contributed by atoms with Crippen LogP contribution >= 0.6 is 34.5 Å². The number of nitrogens with one attached hydrogen (secondary N) is 1. The lowest BCUT2D eigenvalue weighted by atomic mass is 10.2. The third-order valence-electron chi connectivity index (χ3n) is 2.38. The first kappa shape index (κ1) is 11.0. The number of thiophene rings is 1. The summed E-state index contributed by atoms with van der Waals surface area (Å²) in [7, 11) is 0. The third kappa shape index (κ3) is 2.16. The number of fused-ring (bicyclic) bond motifs is 1. The molecule has 0 aliphatic heterocycles. The minimum Gasteiger partial charge on any atom is -0.340 e. The van der Waals surface area contributed by atoms with Crippen LogP contribution in [-0.4, -0.2) is 15.0 Å². The molecule has 0 spiro atoms. The van der Waals surface area contributed by atoms with Gasteiger partial charge in [-0.3, -0.25) is 0 Å². The zero-order chi connectivity index (χ0) is 11.8. The Morgan fingerprint density at radius 1 is 1.29 bits per heavy atom. The van der Waals surface area contributed by atoms with E-state index in [1.807, 2.05) is 5.38 Å². The van der Waals surface area contributed by atoms with E-state index in [0.29, 0.717) is 10.7 Å². The van der Waals surface area contributed by atoms with Crippen molar-refractivity contribution >= 4 is 45.7 Å². The summed E-state index contributed by atoms with van der Waals surface area (Å²) < 4.78 is 0. The van der Waals surface area contributed by atoms with E-state index in [1.54, 1.807) is 17.4 Å². The van der Waals surface area contributed by atoms with E-state index < -0.39 is 0 Å². The van der Waals surface area contributed by atoms with Gasteiger partial charge in [0, 0.05) is 6.42 Å². The molecule has 0 saturated carbocycles. The fourth-order valence-corrected chi connectivity index (χ4v) is 2.57. The summed E-state index contributed by atoms with van der Waals surface area (Å²) in [4.78, 5) is 11.7. The number of rotatable bonds is 2. The lowest BCUT2D eigenvalue weighted by Crippen LogP contribution is -1.87. The van der Waals surface area contributed by atoms with Crippen LogP contribution in [0.4, 0.5) is 0 Å². The molecule has 17 heavy (non-hydrogen) atoms. The first-order chi connectivity index (χ1) is 8.22. The average Bonchev–Trinajstić information content (AvgIpc) is 2.89. The highest BCUT2D eigenvalue weighted by Gasteiger charge is 2.08. The zero-order valence-corrected chi connectivity index (χ0v) is 10.9. The Morgan fingerprint density at radius 2 is 2.18 bits per heavy atom. The molecule has 0 saturated heterocycles. The number of H-pyrrole nitrogens is 1. The molecule has 3 aromatic rings. The van der Waals surface area contributed by atoms with Gasteiger partial charge in [0.1, 0.15) is 11.0 Å². The molecule has 86 valence electrons. The van der Waals surface area contributed by atoms with E-state index in [4.69, 9.17) is 23.2 Å². The number of halogens is 2. The van der Waals surface area contributed by atoms with Crippen molar-refractivity contribution in [2.24, 2.45) is 0 Å². The second kappa shape index (κ2) is 4.29. The summed E-state index contributed by atoms with van der Waals surface area (Å²) in [6.07, 6.45) is 0.759. The van der Waals surface area contributed by atoms with Crippen molar-refractivity contribution in [2.75, 3.05) is 0 Å². The van der Waals surface area contributed by atoms with Crippen LogP contribution in [0.25, 0.3) is 11.2 Å². The Kier molecular flexibility index (Phi) is 2.78. The third-order valence-corrected chi connectivity index (χ3v) is 3.79. The van der Waals surface area contributed by atoms with Crippen molar-refractivity contribution in [3.8, 4) is 0 Å². The van der Waals surface area contributed by atoms with E-state index in [1.165, 1.54) is 5.56 Å². The van der Waals surface area contributed by atoms with Gasteiger partial charge >= 0.3 is 0 Å². The van der Waals surface area contributed by atoms with Crippen molar-refractivity contribution in [1.29, 1.82) is 0 Å². The van der Waals surface area contributed by atoms with Crippen molar-refractivity contribution < 1.29 is 0 Å². The van der Waals surface area contributed by atoms with Gasteiger partial charge in [0.2, 0.25) is 0 Å². The van der Waals surface area contributed by atoms with Crippen LogP contribution in [0, 0.1) is 0 Å². The number of hydrogen-bond acceptors (Lipinski definition) is 3. The summed E-state index contributed by atoms with van der Waals surface area (Å²) >= 11 is 13.4. The summed E-state index contributed by atoms with van der Waals surface area (Å²) in [6, 6.07) is 3.82. The van der Waals surface area contributed by atoms with Gasteiger partial charge in [0.15, 0.2) is 5.65 Å². The van der Waals surface area contributed by atoms with E-state index in [0.717, 1.165) is 17.8 Å². The van der Waals surface area contributed by atoms with Crippen LogP contribution in [0.15, 0.2) is 22.9 Å². The van der Waals surface area contributed by atoms with Gasteiger partial charge in [0.05, 0.1) is 10.5 Å². The molecular formula is C11H7Cl2N3S. The molecule has 3 rings (SSSR count). The Balaban J connectivity index is 2.02. The van der Waals surface area contributed by atoms with Crippen LogP contribution in [0.3, 0.4) is 0 Å². The van der Waals surface area contributed by atoms with Crippen molar-refractivity contribution in [3.05, 3.63) is 44.5 Å². The van der Waals surface area contributed by atoms with Crippen LogP contribution in [0.1, 0.15) is 11.4 Å². The van der Waals surface area contributed by atoms with Gasteiger partial charge < -0.3 is 4.98 Å². The van der Waals surface area contributed by atoms with Crippen molar-refractivity contribution in [2.45, 2.75) is 6.42 Å². The van der Waals surface area contributed by atoms with Crippen molar-refractivity contribution in [1.82, 2.24) is 15.0 Å². The van der Waals surface area contributed by atoms with Gasteiger partial charge in [-0.15, -0.1) is 0 Å². The molecule has 6 heteroatoms. The Hall–Kier alpha value is -1.10. The number of pyridine rings is 1. The summed E-state index contributed by atoms with van der Waals surface area (Å²) in [5.41, 5.74) is 2.64. The predicted molar refractivity (Wildman–Crippen MR) is 71.0 cm³/mol. The molecular weight excluding hydrogens is 277 g/mol. The van der Waals surface area contributed by atoms with Crippen LogP contribution < -0.4 is 0 Å². The first-order valence-electron chi connectivity index (χ1n) is 4.94. The second-order valence-corrected chi connectivity index (χ2v) is 5.17. The normalized spacial score (nSPS) is 11.2. The van der Waals surface area contributed by atoms with E-state index >= 15 is 0 Å². The highest BCUT2D eigenvalue weighted by atomic mass is 35.5. The minimum absolute atomic E-state index is 0.285. The van der Waals surface area contributed by atoms with Crippen LogP contribution in [-0.2, 0) is 6.42 Å². The number of nitrogens with zero attached hydrogens (tertiary/aromatic N) is 2. The maximum Gasteiger partial charge on any atom is 0.179 e. The van der Waals surface area contributed by atoms with Gasteiger partial charge in [-0.1, -0.05) is 23.2 Å². The highest BCUT2D eigenvalue weighted by molar-refractivity contribution is 7.07. The maximum atomic E-state index is 5.90. The average molecular weight is 284 g/mol. The monoisotopic (exact) mass is 283 g/mol. The summed E-state index contributed by atoms with van der Waals surface area (Å²) in [5.74, 6) is 0.865. The Morgan fingerprint density at radius 3 is 2.94 bits per heavy atom. The Labute approximate surface area is 111 Å². The molecule has 1 N–H and O–H groups in total. The molecule has 0 amide bonds. The molecule has 0 bridgehead atoms. The smallest absolute Gasteiger partial charge is 0.179 e. The molecule has 3 heterocycles. The molecule has 3 nitrogen and oxygen atoms in total. The predicted octanol–water partition coefficient (Wildman–Crippen LogP) is 3.92. The van der Waals surface area contributed by atoms with E-state index in [-0.39, 0.29) is 5.15 Å². The minimum atomic E-state index is 0.285. The van der Waals surface area contributed by atoms with Crippen LogP contribution in [0.2, 0.25) is 10.2 Å². The molecule has 0 aliphatic rings. The van der Waals surface area contributed by atoms with E-state index in [2.05, 4.69) is 26.4 Å². The lowest BCUT2D eigenvalue weighted by Gasteiger charge is -1.92. The number of aromatic amines is 1. The fraction of sp³-hybridized carbons (Fsp3) is 0.0909. The molecule has 0 fully saturated rings. The zero-order valence-electron chi connectivity index (χ0n) is 8.58. The van der Waals surface area contributed by atoms with Gasteiger partial charge in [-0.2, -0.15) is 11.3 Å². The number of imidazole rings is 1. The summed E-state index contributed by atoms with van der Waals surface area (Å²) in [6.45, 7) is 0. The number of hydrogen-bond donors (Lipinski definition) is 1. The maximum absolute atomic E-state index is 5.90. The molecule has 0 atom stereocenters. The standard InChI is InChI=1S/C11H7Cl2N3S/c12-7-4-8-11(16-10(7)13)15-9(14-8)3-6-1-2-17-5-6/h1-2,4-5H,3H2,(H,14,15,16). The number of aromatic nitrogens is 3. The lowest BCUT2D eigenvalue weighted by molar-refractivity contribution is 1.04. The Bertz CT molecular complexity index is 622. The summed E-state index contributed by atoms with van der Waals surface area (Å²) in [5, 5.41) is 4.86. The topological polar surface area (TPSA) is 41.6 Å². The fourth-order valence-electron chi connectivity index (χ4n) is 1.62. The first-order valence-corrected chi connectivity index (χ1v) is 6.64. The molecule has 3 aromatic heterocycles. The largest absolute Gasteiger partial charge is 0.340 e. The van der Waals surface area contributed by atoms with Crippen molar-refractivity contribution in [3.63, 3.8) is 0 Å². The van der Waals surface area contributed by atoms with Gasteiger partial charge in [0.25, 0.3) is 0 Å². The molecule has 0 unspecified atom stereocenters. The quantitative estimate of drug-likeness (QED) is 0.725. The molecule has 0 aliphatic carbocycles. The van der Waals surface area contributed by atoms with Gasteiger partial charge in [-0.05, 0) is 28.5 Å². The van der Waals surface area contributed by atoms with E-state index in [9.17, 15) is 0 Å². The molecule has 0 aromatic carbocycles.